The van der Waals surface area contributed by atoms with Crippen LogP contribution in [-0.2, 0) is 0 Å². The summed E-state index contributed by atoms with van der Waals surface area (Å²) in [5.74, 6) is 9.82. The van der Waals surface area contributed by atoms with Crippen molar-refractivity contribution in [1.82, 2.24) is 0 Å². The quantitative estimate of drug-likeness (QED) is 0.152. The van der Waals surface area contributed by atoms with E-state index in [-0.39, 0.29) is 0 Å². The topological polar surface area (TPSA) is 0 Å². The maximum Gasteiger partial charge on any atom is -0.0354 e. The van der Waals surface area contributed by atoms with Crippen molar-refractivity contribution in [3.05, 3.63) is 0 Å². The molecule has 0 aromatic rings. The Kier molecular flexibility index (Phi) is 124. The van der Waals surface area contributed by atoms with Gasteiger partial charge in [0, 0.05) is 0 Å². The lowest BCUT2D eigenvalue weighted by Gasteiger charge is -2.18. The smallest absolute Gasteiger partial charge is 0.0354 e. The van der Waals surface area contributed by atoms with Crippen molar-refractivity contribution in [2.24, 2.45) is 70.0 Å². The summed E-state index contributed by atoms with van der Waals surface area (Å²) in [6.45, 7) is 83.6. The lowest BCUT2D eigenvalue weighted by atomic mass is 9.88. The average Bonchev–Trinajstić information content (AvgIpc) is 4.19. The zero-order valence-electron chi connectivity index (χ0n) is 64.6. The summed E-state index contributed by atoms with van der Waals surface area (Å²) < 4.78 is 0. The molecule has 0 spiro atoms. The number of unbranched alkanes of at least 4 members (excludes halogenated alkanes) is 7. The van der Waals surface area contributed by atoms with Gasteiger partial charge >= 0.3 is 0 Å². The van der Waals surface area contributed by atoms with Gasteiger partial charge in [0.05, 0.1) is 0 Å². The van der Waals surface area contributed by atoms with Crippen LogP contribution in [-0.4, -0.2) is 0 Å². The summed E-state index contributed by atoms with van der Waals surface area (Å²) >= 11 is 0. The van der Waals surface area contributed by atoms with Crippen LogP contribution in [0, 0.1) is 70.0 Å². The van der Waals surface area contributed by atoms with E-state index in [1.54, 1.807) is 0 Å². The molecule has 5 aliphatic carbocycles. The minimum Gasteiger partial charge on any atom is -0.0683 e. The molecule has 492 valence electrons. The molecule has 5 saturated carbocycles. The highest BCUT2D eigenvalue weighted by molar-refractivity contribution is 4.82. The molecule has 5 aliphatic rings. The van der Waals surface area contributed by atoms with Gasteiger partial charge in [0.25, 0.3) is 0 Å². The van der Waals surface area contributed by atoms with Crippen molar-refractivity contribution in [2.75, 3.05) is 0 Å². The van der Waals surface area contributed by atoms with Crippen LogP contribution in [0.3, 0.4) is 0 Å². The van der Waals surface area contributed by atoms with Crippen molar-refractivity contribution >= 4 is 0 Å². The first kappa shape index (κ1) is 106. The van der Waals surface area contributed by atoms with E-state index in [0.717, 1.165) is 64.6 Å². The van der Waals surface area contributed by atoms with Crippen molar-refractivity contribution in [2.45, 2.75) is 443 Å². The highest BCUT2D eigenvalue weighted by Crippen LogP contribution is 2.43. The maximum absolute atomic E-state index is 2.31. The van der Waals surface area contributed by atoms with E-state index in [0.29, 0.717) is 5.41 Å². The Morgan fingerprint density at radius 3 is 0.654 bits per heavy atom. The molecule has 5 fully saturated rings. The first-order valence-corrected chi connectivity index (χ1v) is 36.2. The molecule has 0 N–H and O–H groups in total. The van der Waals surface area contributed by atoms with Crippen LogP contribution in [0.1, 0.15) is 443 Å². The first-order chi connectivity index (χ1) is 36.2. The standard InChI is InChI=1S/C7H16.2C6H14.4C5H10.4C5H12.C4H8.2C4H10.C3H8.2C2H6/c1-4-5-6-7(2)3;1-4-6(3)5-2;1-3-5-6-4-2;1-5(2)3-4-5;1-4-3-5(4)2;1-5-3-2-4-5;1-2-5-3-4-5;1-5(2,3)4;2*1-4-5(2)3;1-3-5-4-2;1-4-2-3-4;1-4(2)3;1-3-4-2;1-3-2;2*1-2/h7H,4-6H2,1-3H3;6H,4-5H2,1-3H3;3-6H2,1-2H3;3-4H2,1-2H3;4-5H,3H2,1-2H3;2*5H,2-4H2,1H3;1-4H3;2*5H,4H2,1-3H3;3-5H2,1-2H3;4H,2-3H2,1H3;4H,1-3H3;3-4H2,1-2H3;3H2,1-2H3;2*1-2H3/t;;;;4-,5?;;;;;;;;;;;;/m....1............/s1. The summed E-state index contributed by atoms with van der Waals surface area (Å²) in [6.07, 6.45) is 39.2. The predicted molar refractivity (Wildman–Crippen MR) is 385 cm³/mol. The summed E-state index contributed by atoms with van der Waals surface area (Å²) in [4.78, 5) is 0. The fourth-order valence-electron chi connectivity index (χ4n) is 3.82. The number of rotatable bonds is 14. The van der Waals surface area contributed by atoms with Crippen LogP contribution >= 0.6 is 0 Å². The second-order valence-corrected chi connectivity index (χ2v) is 28.0. The number of hydrogen-bond donors (Lipinski definition) is 0. The Labute approximate surface area is 510 Å². The molecule has 0 saturated heterocycles. The molecule has 0 heterocycles. The maximum atomic E-state index is 2.31. The van der Waals surface area contributed by atoms with Crippen molar-refractivity contribution in [3.63, 3.8) is 0 Å². The van der Waals surface area contributed by atoms with E-state index in [1.165, 1.54) is 180 Å². The van der Waals surface area contributed by atoms with Gasteiger partial charge in [-0.05, 0) is 89.3 Å². The molecule has 5 rings (SSSR count). The van der Waals surface area contributed by atoms with Crippen LogP contribution in [0.5, 0.6) is 0 Å². The van der Waals surface area contributed by atoms with Gasteiger partial charge in [0.2, 0.25) is 0 Å². The Balaban J connectivity index is -0.0000000597. The van der Waals surface area contributed by atoms with Gasteiger partial charge in [-0.3, -0.25) is 0 Å². The van der Waals surface area contributed by atoms with Crippen LogP contribution in [0.25, 0.3) is 0 Å². The zero-order chi connectivity index (χ0) is 64.6. The predicted octanol–water partition coefficient (Wildman–Crippen LogP) is 31.7. The highest BCUT2D eigenvalue weighted by atomic mass is 14.4. The van der Waals surface area contributed by atoms with Gasteiger partial charge in [-0.15, -0.1) is 0 Å². The second-order valence-electron chi connectivity index (χ2n) is 28.0. The van der Waals surface area contributed by atoms with Gasteiger partial charge in [0.15, 0.2) is 0 Å². The van der Waals surface area contributed by atoms with Gasteiger partial charge in [-0.1, -0.05) is 424 Å². The third-order valence-electron chi connectivity index (χ3n) is 12.6. The molecule has 1 unspecified atom stereocenters. The van der Waals surface area contributed by atoms with Crippen LogP contribution in [0.4, 0.5) is 0 Å². The minimum absolute atomic E-state index is 0.500. The molecular formula is C78H180. The van der Waals surface area contributed by atoms with E-state index < -0.39 is 0 Å². The second kappa shape index (κ2) is 90.8. The van der Waals surface area contributed by atoms with Crippen LogP contribution < -0.4 is 0 Å². The molecular weight excluding hydrogens is 937 g/mol. The summed E-state index contributed by atoms with van der Waals surface area (Å²) in [5.41, 5.74) is 1.25. The van der Waals surface area contributed by atoms with E-state index in [1.807, 2.05) is 27.7 Å². The van der Waals surface area contributed by atoms with Crippen molar-refractivity contribution in [1.29, 1.82) is 0 Å². The summed E-state index contributed by atoms with van der Waals surface area (Å²) in [5, 5.41) is 0. The lowest BCUT2D eigenvalue weighted by molar-refractivity contribution is 0.346. The molecule has 0 radical (unpaired) electrons. The van der Waals surface area contributed by atoms with Gasteiger partial charge in [-0.25, -0.2) is 0 Å². The molecule has 0 amide bonds. The van der Waals surface area contributed by atoms with E-state index in [9.17, 15) is 0 Å². The molecule has 0 nitrogen and oxygen atoms in total. The average molecular weight is 1120 g/mol. The third-order valence-corrected chi connectivity index (χ3v) is 12.6. The Hall–Kier alpha value is 0. The minimum atomic E-state index is 0.500. The Morgan fingerprint density at radius 1 is 0.397 bits per heavy atom. The number of hydrogen-bond acceptors (Lipinski definition) is 0. The SMILES string of the molecule is CC.CC.CC(C)(C)C.CC(C)C.CC1(C)CC1.CC1CC1.CC1CCC1.CC1C[C@H]1C.CCC.CCC(C)C.CCC(C)C.CCC(C)CC.CCC1CC1.CCCC.CCCCC.CCCCC(C)C.CCCCCC. The van der Waals surface area contributed by atoms with Gasteiger partial charge in [0.1, 0.15) is 0 Å². The highest BCUT2D eigenvalue weighted by Gasteiger charge is 2.30. The normalized spacial score (nSPS) is 15.7. The molecule has 0 bridgehead atoms. The summed E-state index contributed by atoms with van der Waals surface area (Å²) in [7, 11) is 0. The Bertz CT molecular complexity index is 765. The zero-order valence-corrected chi connectivity index (χ0v) is 64.6. The van der Waals surface area contributed by atoms with Gasteiger partial charge in [-0.2, -0.15) is 0 Å². The molecule has 0 aliphatic heterocycles. The molecule has 0 aromatic heterocycles. The fourth-order valence-corrected chi connectivity index (χ4v) is 3.82. The molecule has 0 heteroatoms. The largest absolute Gasteiger partial charge is 0.0683 e. The first-order valence-electron chi connectivity index (χ1n) is 36.2. The Morgan fingerprint density at radius 2 is 0.628 bits per heavy atom. The van der Waals surface area contributed by atoms with Crippen molar-refractivity contribution < 1.29 is 0 Å². The third kappa shape index (κ3) is 231. The molecule has 78 heavy (non-hydrogen) atoms. The van der Waals surface area contributed by atoms with Crippen LogP contribution in [0.15, 0.2) is 0 Å². The monoisotopic (exact) mass is 1120 g/mol. The lowest BCUT2D eigenvalue weighted by Crippen LogP contribution is -2.04. The van der Waals surface area contributed by atoms with Crippen molar-refractivity contribution in [3.8, 4) is 0 Å². The van der Waals surface area contributed by atoms with E-state index in [4.69, 9.17) is 0 Å². The van der Waals surface area contributed by atoms with E-state index in [2.05, 4.69) is 235 Å². The fraction of sp³-hybridized carbons (Fsp3) is 1.00. The summed E-state index contributed by atoms with van der Waals surface area (Å²) in [6, 6.07) is 0. The van der Waals surface area contributed by atoms with Crippen LogP contribution in [0.2, 0.25) is 0 Å². The van der Waals surface area contributed by atoms with Gasteiger partial charge < -0.3 is 0 Å². The molecule has 2 atom stereocenters. The molecule has 0 aromatic carbocycles. The van der Waals surface area contributed by atoms with E-state index >= 15 is 0 Å².